The Morgan fingerprint density at radius 3 is 2.59 bits per heavy atom. The zero-order valence-electron chi connectivity index (χ0n) is 11.1. The molecule has 0 radical (unpaired) electrons. The van der Waals surface area contributed by atoms with Gasteiger partial charge in [0.15, 0.2) is 0 Å². The average Bonchev–Trinajstić information content (AvgIpc) is 2.39. The quantitative estimate of drug-likeness (QED) is 0.579. The van der Waals surface area contributed by atoms with Crippen molar-refractivity contribution in [3.8, 4) is 0 Å². The van der Waals surface area contributed by atoms with Crippen LogP contribution < -0.4 is 9.80 Å². The third kappa shape index (κ3) is 1.67. The molecule has 4 aliphatic rings. The van der Waals surface area contributed by atoms with Crippen molar-refractivity contribution in [2.45, 2.75) is 63.6 Å². The molecule has 0 aromatic carbocycles. The molecule has 2 N–H and O–H groups in total. The molecule has 3 saturated heterocycles. The minimum absolute atomic E-state index is 1.01. The molecular weight excluding hydrogens is 208 g/mol. The molecule has 6 atom stereocenters. The zero-order valence-corrected chi connectivity index (χ0v) is 11.1. The first-order valence-electron chi connectivity index (χ1n) is 8.13. The number of quaternary nitrogens is 2. The molecular formula is C15H28N2+2. The fourth-order valence-corrected chi connectivity index (χ4v) is 5.79. The van der Waals surface area contributed by atoms with E-state index < -0.39 is 0 Å². The Kier molecular flexibility index (Phi) is 2.69. The lowest BCUT2D eigenvalue weighted by Gasteiger charge is -2.54. The van der Waals surface area contributed by atoms with Crippen LogP contribution in [0.2, 0.25) is 0 Å². The standard InChI is InChI=1S/C15H26N2/c1-2-9-16-11-13-6-3-5-12-7-4-10-17(15(12)13)14(16)8-1/h12-15H,1-11H2/p+2/t12-,13+,14+,15-/m0/s1. The summed E-state index contributed by atoms with van der Waals surface area (Å²) in [5.74, 6) is 2.20. The second-order valence-corrected chi connectivity index (χ2v) is 7.10. The summed E-state index contributed by atoms with van der Waals surface area (Å²) in [6.45, 7) is 4.53. The number of hydrogen-bond acceptors (Lipinski definition) is 0. The summed E-state index contributed by atoms with van der Waals surface area (Å²) in [6, 6.07) is 1.09. The van der Waals surface area contributed by atoms with E-state index in [0.29, 0.717) is 0 Å². The summed E-state index contributed by atoms with van der Waals surface area (Å²) in [5, 5.41) is 0. The molecule has 0 aromatic rings. The molecule has 1 aliphatic carbocycles. The summed E-state index contributed by atoms with van der Waals surface area (Å²) in [4.78, 5) is 4.06. The van der Waals surface area contributed by atoms with Crippen LogP contribution in [-0.2, 0) is 0 Å². The smallest absolute Gasteiger partial charge is 0.213 e. The second kappa shape index (κ2) is 4.24. The molecule has 2 heteroatoms. The van der Waals surface area contributed by atoms with Crippen LogP contribution in [0.5, 0.6) is 0 Å². The van der Waals surface area contributed by atoms with Crippen LogP contribution in [0, 0.1) is 11.8 Å². The van der Waals surface area contributed by atoms with E-state index in [-0.39, 0.29) is 0 Å². The highest BCUT2D eigenvalue weighted by Crippen LogP contribution is 2.33. The fraction of sp³-hybridized carbons (Fsp3) is 1.00. The molecule has 4 fully saturated rings. The molecule has 0 amide bonds. The van der Waals surface area contributed by atoms with Gasteiger partial charge in [0.2, 0.25) is 6.17 Å². The van der Waals surface area contributed by atoms with E-state index in [9.17, 15) is 0 Å². The summed E-state index contributed by atoms with van der Waals surface area (Å²) >= 11 is 0. The van der Waals surface area contributed by atoms with Crippen molar-refractivity contribution < 1.29 is 9.80 Å². The normalized spacial score (nSPS) is 53.6. The van der Waals surface area contributed by atoms with Crippen molar-refractivity contribution in [2.75, 3.05) is 19.6 Å². The molecule has 96 valence electrons. The summed E-state index contributed by atoms with van der Waals surface area (Å²) < 4.78 is 0. The SMILES string of the molecule is C1C[C@H]2CCC[NH+]3[C@@H]2[C@H](C1)C[NH+]1CCCC[C@H]13. The van der Waals surface area contributed by atoms with Gasteiger partial charge in [-0.3, -0.25) is 9.80 Å². The highest BCUT2D eigenvalue weighted by molar-refractivity contribution is 4.86. The molecule has 4 rings (SSSR count). The van der Waals surface area contributed by atoms with Gasteiger partial charge in [-0.25, -0.2) is 0 Å². The van der Waals surface area contributed by atoms with E-state index in [1.54, 1.807) is 19.3 Å². The minimum atomic E-state index is 1.01. The Balaban J connectivity index is 1.63. The third-order valence-corrected chi connectivity index (χ3v) is 6.34. The molecule has 1 saturated carbocycles. The Bertz CT molecular complexity index is 289. The van der Waals surface area contributed by atoms with Crippen LogP contribution in [0.25, 0.3) is 0 Å². The molecule has 2 unspecified atom stereocenters. The Morgan fingerprint density at radius 2 is 1.59 bits per heavy atom. The van der Waals surface area contributed by atoms with Crippen LogP contribution in [-0.4, -0.2) is 31.8 Å². The van der Waals surface area contributed by atoms with Crippen LogP contribution in [0.15, 0.2) is 0 Å². The van der Waals surface area contributed by atoms with Crippen molar-refractivity contribution in [3.05, 3.63) is 0 Å². The predicted octanol–water partition coefficient (Wildman–Crippen LogP) is -0.141. The van der Waals surface area contributed by atoms with Gasteiger partial charge in [-0.15, -0.1) is 0 Å². The van der Waals surface area contributed by atoms with Crippen molar-refractivity contribution in [3.63, 3.8) is 0 Å². The molecule has 2 nitrogen and oxygen atoms in total. The lowest BCUT2D eigenvalue weighted by atomic mass is 9.70. The van der Waals surface area contributed by atoms with Gasteiger partial charge in [0, 0.05) is 5.92 Å². The molecule has 3 heterocycles. The van der Waals surface area contributed by atoms with Gasteiger partial charge >= 0.3 is 0 Å². The fourth-order valence-electron chi connectivity index (χ4n) is 5.79. The van der Waals surface area contributed by atoms with E-state index in [4.69, 9.17) is 0 Å². The maximum Gasteiger partial charge on any atom is 0.213 e. The number of hydrogen-bond donors (Lipinski definition) is 2. The topological polar surface area (TPSA) is 8.88 Å². The van der Waals surface area contributed by atoms with Crippen molar-refractivity contribution in [2.24, 2.45) is 11.8 Å². The largest absolute Gasteiger partial charge is 0.286 e. The number of rotatable bonds is 0. The van der Waals surface area contributed by atoms with Crippen molar-refractivity contribution >= 4 is 0 Å². The lowest BCUT2D eigenvalue weighted by molar-refractivity contribution is -1.16. The van der Waals surface area contributed by atoms with Crippen LogP contribution in [0.4, 0.5) is 0 Å². The van der Waals surface area contributed by atoms with E-state index in [2.05, 4.69) is 4.90 Å². The van der Waals surface area contributed by atoms with Gasteiger partial charge in [-0.2, -0.15) is 0 Å². The summed E-state index contributed by atoms with van der Waals surface area (Å²) in [6.07, 6.45) is 13.3. The van der Waals surface area contributed by atoms with Gasteiger partial charge in [0.05, 0.1) is 32.0 Å². The van der Waals surface area contributed by atoms with Crippen molar-refractivity contribution in [1.82, 2.24) is 0 Å². The van der Waals surface area contributed by atoms with Gasteiger partial charge in [0.25, 0.3) is 0 Å². The highest BCUT2D eigenvalue weighted by atomic mass is 15.4. The minimum Gasteiger partial charge on any atom is -0.286 e. The highest BCUT2D eigenvalue weighted by Gasteiger charge is 2.53. The van der Waals surface area contributed by atoms with E-state index in [1.165, 1.54) is 51.7 Å². The molecule has 0 bridgehead atoms. The van der Waals surface area contributed by atoms with Gasteiger partial charge in [-0.1, -0.05) is 6.42 Å². The van der Waals surface area contributed by atoms with Gasteiger partial charge < -0.3 is 0 Å². The molecule has 3 aliphatic heterocycles. The third-order valence-electron chi connectivity index (χ3n) is 6.34. The molecule has 0 aromatic heterocycles. The summed E-state index contributed by atoms with van der Waals surface area (Å²) in [5.41, 5.74) is 0. The Hall–Kier alpha value is -0.0800. The zero-order chi connectivity index (χ0) is 11.2. The van der Waals surface area contributed by atoms with Gasteiger partial charge in [-0.05, 0) is 38.5 Å². The first kappa shape index (κ1) is 10.8. The van der Waals surface area contributed by atoms with Crippen LogP contribution in [0.3, 0.4) is 0 Å². The predicted molar refractivity (Wildman–Crippen MR) is 68.0 cm³/mol. The summed E-state index contributed by atoms with van der Waals surface area (Å²) in [7, 11) is 0. The average molecular weight is 236 g/mol. The van der Waals surface area contributed by atoms with E-state index >= 15 is 0 Å². The van der Waals surface area contributed by atoms with Gasteiger partial charge in [0.1, 0.15) is 6.04 Å². The second-order valence-electron chi connectivity index (χ2n) is 7.10. The first-order valence-corrected chi connectivity index (χ1v) is 8.13. The first-order chi connectivity index (χ1) is 8.43. The van der Waals surface area contributed by atoms with E-state index in [1.807, 2.05) is 4.90 Å². The van der Waals surface area contributed by atoms with E-state index in [0.717, 1.165) is 24.0 Å². The van der Waals surface area contributed by atoms with Crippen LogP contribution in [0.1, 0.15) is 51.4 Å². The van der Waals surface area contributed by atoms with Crippen molar-refractivity contribution in [1.29, 1.82) is 0 Å². The monoisotopic (exact) mass is 236 g/mol. The van der Waals surface area contributed by atoms with Crippen LogP contribution >= 0.6 is 0 Å². The lowest BCUT2D eigenvalue weighted by Crippen LogP contribution is -3.42. The maximum atomic E-state index is 2.06. The Morgan fingerprint density at radius 1 is 0.706 bits per heavy atom. The maximum absolute atomic E-state index is 2.06. The number of fused-ring (bicyclic) bond motifs is 2. The molecule has 17 heavy (non-hydrogen) atoms. The number of piperidine rings is 2. The number of nitrogens with one attached hydrogen (secondary N) is 2. The Labute approximate surface area is 105 Å². The molecule has 0 spiro atoms.